The molecule has 0 aliphatic carbocycles. The first-order valence-corrected chi connectivity index (χ1v) is 5.94. The number of carbonyl (C=O) groups is 2. The van der Waals surface area contributed by atoms with Crippen molar-refractivity contribution < 1.29 is 39.8 Å². The van der Waals surface area contributed by atoms with Crippen molar-refractivity contribution in [1.29, 1.82) is 0 Å². The largest absolute Gasteiger partial charge is 0.394 e. The minimum Gasteiger partial charge on any atom is -0.394 e. The zero-order valence-corrected chi connectivity index (χ0v) is 10.6. The quantitative estimate of drug-likeness (QED) is 0.285. The number of amides is 3. The zero-order valence-electron chi connectivity index (χ0n) is 10.6. The van der Waals surface area contributed by atoms with Gasteiger partial charge in [0.1, 0.15) is 12.3 Å². The minimum absolute atomic E-state index is 0.0641. The maximum atomic E-state index is 11.8. The van der Waals surface area contributed by atoms with Crippen molar-refractivity contribution in [2.75, 3.05) is 6.61 Å². The van der Waals surface area contributed by atoms with E-state index in [1.165, 1.54) is 0 Å². The highest BCUT2D eigenvalue weighted by Gasteiger charge is 2.56. The van der Waals surface area contributed by atoms with Gasteiger partial charge in [-0.05, 0) is 6.92 Å². The van der Waals surface area contributed by atoms with Gasteiger partial charge >= 0.3 is 6.03 Å². The smallest absolute Gasteiger partial charge is 0.328 e. The summed E-state index contributed by atoms with van der Waals surface area (Å²) in [6, 6.07) is -0.951. The highest BCUT2D eigenvalue weighted by Crippen LogP contribution is 2.30. The summed E-state index contributed by atoms with van der Waals surface area (Å²) in [6.07, 6.45) is -4.88. The summed E-state index contributed by atoms with van der Waals surface area (Å²) < 4.78 is 5.23. The monoisotopic (exact) mass is 292 g/mol. The van der Waals surface area contributed by atoms with E-state index in [0.717, 1.165) is 11.8 Å². The molecule has 0 unspecified atom stereocenters. The molecule has 0 aromatic carbocycles. The second kappa shape index (κ2) is 5.24. The third-order valence-electron chi connectivity index (χ3n) is 3.55. The topological polar surface area (TPSA) is 149 Å². The van der Waals surface area contributed by atoms with E-state index in [4.69, 9.17) is 15.1 Å². The van der Waals surface area contributed by atoms with Gasteiger partial charge in [0.15, 0.2) is 6.23 Å². The van der Waals surface area contributed by atoms with Crippen LogP contribution in [0.3, 0.4) is 0 Å². The Bertz CT molecular complexity index is 418. The van der Waals surface area contributed by atoms with Crippen LogP contribution in [0, 0.1) is 0 Å². The van der Waals surface area contributed by atoms with E-state index >= 15 is 0 Å². The Morgan fingerprint density at radius 1 is 1.50 bits per heavy atom. The second-order valence-electron chi connectivity index (χ2n) is 4.85. The van der Waals surface area contributed by atoms with Crippen molar-refractivity contribution >= 4 is 11.9 Å². The van der Waals surface area contributed by atoms with Gasteiger partial charge in [-0.1, -0.05) is 0 Å². The lowest BCUT2D eigenvalue weighted by molar-refractivity contribution is -0.344. The molecule has 5 atom stereocenters. The second-order valence-corrected chi connectivity index (χ2v) is 4.85. The SMILES string of the molecule is C[C@]1(OO)C(=O)NC(=O)N([C@H]2C[C@H](O)[C@@H](CO)O2)[C@H]1O. The molecule has 2 aliphatic heterocycles. The van der Waals surface area contributed by atoms with Gasteiger partial charge in [0.05, 0.1) is 12.7 Å². The molecule has 3 amide bonds. The molecule has 10 nitrogen and oxygen atoms in total. The number of ether oxygens (including phenoxy) is 1. The summed E-state index contributed by atoms with van der Waals surface area (Å²) in [4.78, 5) is 28.1. The summed E-state index contributed by atoms with van der Waals surface area (Å²) in [6.45, 7) is 0.622. The maximum absolute atomic E-state index is 11.8. The summed E-state index contributed by atoms with van der Waals surface area (Å²) in [7, 11) is 0. The van der Waals surface area contributed by atoms with Crippen LogP contribution in [0.5, 0.6) is 0 Å². The number of imide groups is 1. The van der Waals surface area contributed by atoms with Crippen LogP contribution in [-0.4, -0.2) is 74.3 Å². The van der Waals surface area contributed by atoms with Crippen LogP contribution in [-0.2, 0) is 14.4 Å². The third-order valence-corrected chi connectivity index (χ3v) is 3.55. The first-order valence-electron chi connectivity index (χ1n) is 5.94. The van der Waals surface area contributed by atoms with E-state index in [-0.39, 0.29) is 6.42 Å². The molecule has 114 valence electrons. The maximum Gasteiger partial charge on any atom is 0.328 e. The van der Waals surface area contributed by atoms with Crippen LogP contribution >= 0.6 is 0 Å². The van der Waals surface area contributed by atoms with E-state index in [0.29, 0.717) is 0 Å². The first kappa shape index (κ1) is 15.1. The molecule has 0 aromatic rings. The fraction of sp³-hybridized carbons (Fsp3) is 0.800. The van der Waals surface area contributed by atoms with E-state index in [1.807, 2.05) is 5.32 Å². The fourth-order valence-corrected chi connectivity index (χ4v) is 2.21. The van der Waals surface area contributed by atoms with Crippen LogP contribution in [0.25, 0.3) is 0 Å². The van der Waals surface area contributed by atoms with Crippen LogP contribution in [0.15, 0.2) is 0 Å². The molecule has 0 radical (unpaired) electrons. The molecular weight excluding hydrogens is 276 g/mol. The van der Waals surface area contributed by atoms with Gasteiger partial charge in [-0.15, -0.1) is 0 Å². The van der Waals surface area contributed by atoms with E-state index in [1.54, 1.807) is 0 Å². The summed E-state index contributed by atoms with van der Waals surface area (Å²) in [5.41, 5.74) is -2.08. The zero-order chi connectivity index (χ0) is 15.1. The van der Waals surface area contributed by atoms with Crippen LogP contribution < -0.4 is 5.32 Å². The van der Waals surface area contributed by atoms with Crippen molar-refractivity contribution in [2.45, 2.75) is 43.6 Å². The first-order chi connectivity index (χ1) is 9.35. The lowest BCUT2D eigenvalue weighted by atomic mass is 10.00. The molecule has 0 bridgehead atoms. The Morgan fingerprint density at radius 3 is 2.65 bits per heavy atom. The number of urea groups is 1. The average Bonchev–Trinajstić information content (AvgIpc) is 2.77. The van der Waals surface area contributed by atoms with Crippen molar-refractivity contribution in [1.82, 2.24) is 10.2 Å². The Balaban J connectivity index is 2.23. The minimum atomic E-state index is -2.08. The fourth-order valence-electron chi connectivity index (χ4n) is 2.21. The Morgan fingerprint density at radius 2 is 2.15 bits per heavy atom. The van der Waals surface area contributed by atoms with Crippen LogP contribution in [0.4, 0.5) is 4.79 Å². The van der Waals surface area contributed by atoms with E-state index in [9.17, 15) is 19.8 Å². The lowest BCUT2D eigenvalue weighted by Gasteiger charge is -2.43. The summed E-state index contributed by atoms with van der Waals surface area (Å²) in [5.74, 6) is -1.01. The van der Waals surface area contributed by atoms with Crippen LogP contribution in [0.2, 0.25) is 0 Å². The number of carbonyl (C=O) groups excluding carboxylic acids is 2. The molecule has 0 saturated carbocycles. The van der Waals surface area contributed by atoms with Gasteiger partial charge in [0.2, 0.25) is 5.60 Å². The number of aliphatic hydroxyl groups is 3. The van der Waals surface area contributed by atoms with Gasteiger partial charge < -0.3 is 20.1 Å². The van der Waals surface area contributed by atoms with Crippen molar-refractivity contribution in [3.63, 3.8) is 0 Å². The summed E-state index contributed by atoms with van der Waals surface area (Å²) in [5, 5.41) is 39.4. The van der Waals surface area contributed by atoms with Gasteiger partial charge in [-0.2, -0.15) is 0 Å². The van der Waals surface area contributed by atoms with Crippen molar-refractivity contribution in [2.24, 2.45) is 0 Å². The Kier molecular flexibility index (Phi) is 3.95. The molecule has 2 rings (SSSR count). The molecule has 2 fully saturated rings. The number of aliphatic hydroxyl groups excluding tert-OH is 3. The number of hydrogen-bond donors (Lipinski definition) is 5. The molecule has 2 saturated heterocycles. The molecule has 20 heavy (non-hydrogen) atoms. The molecule has 2 aliphatic rings. The predicted octanol–water partition coefficient (Wildman–Crippen LogP) is -2.43. The standard InChI is InChI=1S/C10H16N2O8/c1-10(20-18)7(15)11-9(17)12(8(10)16)6-2-4(14)5(3-13)19-6/h4-6,8,13-14,16,18H,2-3H2,1H3,(H,11,15,17)/t4-,5+,6+,8-,10-/m0/s1. The van der Waals surface area contributed by atoms with Crippen LogP contribution in [0.1, 0.15) is 13.3 Å². The molecule has 0 spiro atoms. The number of nitrogens with zero attached hydrogens (tertiary/aromatic N) is 1. The third kappa shape index (κ3) is 2.16. The van der Waals surface area contributed by atoms with E-state index < -0.39 is 48.8 Å². The predicted molar refractivity (Wildman–Crippen MR) is 59.9 cm³/mol. The van der Waals surface area contributed by atoms with Gasteiger partial charge in [0.25, 0.3) is 5.91 Å². The molecule has 0 aromatic heterocycles. The highest BCUT2D eigenvalue weighted by atomic mass is 17.1. The number of rotatable bonds is 3. The van der Waals surface area contributed by atoms with Gasteiger partial charge in [0, 0.05) is 6.42 Å². The summed E-state index contributed by atoms with van der Waals surface area (Å²) >= 11 is 0. The normalized spacial score (nSPS) is 42.0. The lowest BCUT2D eigenvalue weighted by Crippen LogP contribution is -2.71. The molecule has 5 N–H and O–H groups in total. The molecular formula is C10H16N2O8. The van der Waals surface area contributed by atoms with Crippen molar-refractivity contribution in [3.05, 3.63) is 0 Å². The molecule has 2 heterocycles. The average molecular weight is 292 g/mol. The number of hydrogen-bond acceptors (Lipinski definition) is 8. The van der Waals surface area contributed by atoms with Gasteiger partial charge in [-0.25, -0.2) is 9.68 Å². The Hall–Kier alpha value is -1.30. The highest BCUT2D eigenvalue weighted by molar-refractivity contribution is 6.01. The molecule has 10 heteroatoms. The van der Waals surface area contributed by atoms with E-state index in [2.05, 4.69) is 4.89 Å². The van der Waals surface area contributed by atoms with Crippen molar-refractivity contribution in [3.8, 4) is 0 Å². The Labute approximate surface area is 113 Å². The van der Waals surface area contributed by atoms with Gasteiger partial charge in [-0.3, -0.25) is 20.3 Å². The number of nitrogens with one attached hydrogen (secondary N) is 1.